The molecule has 1 unspecified atom stereocenters. The molecule has 2 nitrogen and oxygen atoms in total. The van der Waals surface area contributed by atoms with Crippen LogP contribution in [0.5, 0.6) is 0 Å². The van der Waals surface area contributed by atoms with Crippen molar-refractivity contribution >= 4 is 23.2 Å². The third-order valence-corrected chi connectivity index (χ3v) is 3.12. The number of alkyl halides is 2. The van der Waals surface area contributed by atoms with Gasteiger partial charge in [0.1, 0.15) is 6.61 Å². The van der Waals surface area contributed by atoms with Crippen molar-refractivity contribution in [2.75, 3.05) is 19.8 Å². The van der Waals surface area contributed by atoms with Crippen LogP contribution in [0.25, 0.3) is 0 Å². The van der Waals surface area contributed by atoms with Crippen LogP contribution in [-0.2, 0) is 4.74 Å². The first kappa shape index (κ1) is 15.6. The number of rotatable bonds is 7. The predicted octanol–water partition coefficient (Wildman–Crippen LogP) is 3.93. The second kappa shape index (κ2) is 7.89. The van der Waals surface area contributed by atoms with Crippen LogP contribution in [-0.4, -0.2) is 26.2 Å². The van der Waals surface area contributed by atoms with Gasteiger partial charge in [-0.1, -0.05) is 29.3 Å². The molecule has 102 valence electrons. The van der Waals surface area contributed by atoms with Crippen molar-refractivity contribution in [3.05, 3.63) is 33.8 Å². The van der Waals surface area contributed by atoms with Gasteiger partial charge in [-0.25, -0.2) is 8.78 Å². The van der Waals surface area contributed by atoms with Crippen LogP contribution in [0.4, 0.5) is 8.78 Å². The van der Waals surface area contributed by atoms with E-state index >= 15 is 0 Å². The highest BCUT2D eigenvalue weighted by molar-refractivity contribution is 6.42. The summed E-state index contributed by atoms with van der Waals surface area (Å²) < 4.78 is 28.4. The number of halogens is 4. The van der Waals surface area contributed by atoms with Gasteiger partial charge in [-0.2, -0.15) is 0 Å². The first-order valence-corrected chi connectivity index (χ1v) is 6.30. The predicted molar refractivity (Wildman–Crippen MR) is 69.7 cm³/mol. The average molecular weight is 298 g/mol. The molecule has 0 heterocycles. The van der Waals surface area contributed by atoms with Crippen molar-refractivity contribution in [1.82, 2.24) is 5.32 Å². The van der Waals surface area contributed by atoms with Crippen molar-refractivity contribution in [1.29, 1.82) is 0 Å². The van der Waals surface area contributed by atoms with Gasteiger partial charge in [0.2, 0.25) is 0 Å². The highest BCUT2D eigenvalue weighted by Crippen LogP contribution is 2.25. The Hall–Kier alpha value is -0.420. The second-order valence-electron chi connectivity index (χ2n) is 3.82. The molecule has 0 spiro atoms. The minimum absolute atomic E-state index is 0.0508. The molecule has 0 amide bonds. The molecular formula is C12H15Cl2F2NO. The molecule has 0 aliphatic rings. The number of hydrogen-bond donors (Lipinski definition) is 1. The van der Waals surface area contributed by atoms with E-state index in [2.05, 4.69) is 5.32 Å². The molecule has 0 saturated heterocycles. The van der Waals surface area contributed by atoms with Gasteiger partial charge in [0.25, 0.3) is 6.43 Å². The van der Waals surface area contributed by atoms with Gasteiger partial charge in [-0.3, -0.25) is 0 Å². The molecule has 1 rings (SSSR count). The van der Waals surface area contributed by atoms with Crippen molar-refractivity contribution in [3.8, 4) is 0 Å². The van der Waals surface area contributed by atoms with Gasteiger partial charge < -0.3 is 10.1 Å². The summed E-state index contributed by atoms with van der Waals surface area (Å²) in [5, 5.41) is 4.15. The molecule has 1 atom stereocenters. The zero-order valence-corrected chi connectivity index (χ0v) is 11.4. The Morgan fingerprint density at radius 3 is 2.61 bits per heavy atom. The molecule has 6 heteroatoms. The Bertz CT molecular complexity index is 377. The van der Waals surface area contributed by atoms with Crippen LogP contribution in [0.15, 0.2) is 18.2 Å². The summed E-state index contributed by atoms with van der Waals surface area (Å²) in [5.74, 6) is 0. The van der Waals surface area contributed by atoms with Gasteiger partial charge in [-0.05, 0) is 24.6 Å². The van der Waals surface area contributed by atoms with Crippen LogP contribution in [0.1, 0.15) is 18.5 Å². The third-order valence-electron chi connectivity index (χ3n) is 2.38. The minimum atomic E-state index is -2.42. The van der Waals surface area contributed by atoms with Crippen molar-refractivity contribution in [2.24, 2.45) is 0 Å². The normalized spacial score (nSPS) is 13.0. The Morgan fingerprint density at radius 2 is 2.00 bits per heavy atom. The van der Waals surface area contributed by atoms with E-state index in [9.17, 15) is 8.78 Å². The van der Waals surface area contributed by atoms with Crippen molar-refractivity contribution in [3.63, 3.8) is 0 Å². The van der Waals surface area contributed by atoms with Gasteiger partial charge in [0, 0.05) is 12.6 Å². The quantitative estimate of drug-likeness (QED) is 0.770. The lowest BCUT2D eigenvalue weighted by Gasteiger charge is -2.15. The van der Waals surface area contributed by atoms with E-state index in [0.29, 0.717) is 16.6 Å². The Morgan fingerprint density at radius 1 is 1.28 bits per heavy atom. The highest BCUT2D eigenvalue weighted by atomic mass is 35.5. The Kier molecular flexibility index (Phi) is 6.86. The van der Waals surface area contributed by atoms with Crippen molar-refractivity contribution in [2.45, 2.75) is 19.4 Å². The molecular weight excluding hydrogens is 283 g/mol. The molecule has 0 radical (unpaired) electrons. The zero-order valence-electron chi connectivity index (χ0n) is 9.93. The van der Waals surface area contributed by atoms with Crippen molar-refractivity contribution < 1.29 is 13.5 Å². The maximum atomic E-state index is 11.8. The fourth-order valence-electron chi connectivity index (χ4n) is 1.42. The minimum Gasteiger partial charge on any atom is -0.374 e. The van der Waals surface area contributed by atoms with Crippen LogP contribution >= 0.6 is 23.2 Å². The van der Waals surface area contributed by atoms with E-state index in [4.69, 9.17) is 27.9 Å². The third kappa shape index (κ3) is 5.48. The lowest BCUT2D eigenvalue weighted by molar-refractivity contribution is 0.0183. The van der Waals surface area contributed by atoms with Crippen LogP contribution < -0.4 is 5.32 Å². The molecule has 0 bridgehead atoms. The van der Waals surface area contributed by atoms with Crippen LogP contribution in [0.2, 0.25) is 10.0 Å². The smallest absolute Gasteiger partial charge is 0.261 e. The van der Waals surface area contributed by atoms with Gasteiger partial charge in [0.15, 0.2) is 0 Å². The van der Waals surface area contributed by atoms with Gasteiger partial charge in [0.05, 0.1) is 16.7 Å². The maximum absolute atomic E-state index is 11.8. The Labute approximate surface area is 115 Å². The molecule has 0 saturated carbocycles. The highest BCUT2D eigenvalue weighted by Gasteiger charge is 2.07. The first-order chi connectivity index (χ1) is 8.50. The molecule has 1 aromatic carbocycles. The summed E-state index contributed by atoms with van der Waals surface area (Å²) in [6.45, 7) is 2.17. The van der Waals surface area contributed by atoms with E-state index in [0.717, 1.165) is 5.56 Å². The summed E-state index contributed by atoms with van der Waals surface area (Å²) in [6, 6.07) is 5.42. The monoisotopic (exact) mass is 297 g/mol. The average Bonchev–Trinajstić information content (AvgIpc) is 2.31. The summed E-state index contributed by atoms with van der Waals surface area (Å²) in [6.07, 6.45) is -2.42. The summed E-state index contributed by atoms with van der Waals surface area (Å²) in [5.41, 5.74) is 0.984. The molecule has 0 aromatic heterocycles. The van der Waals surface area contributed by atoms with E-state index in [1.54, 1.807) is 12.1 Å². The molecule has 1 aromatic rings. The van der Waals surface area contributed by atoms with E-state index < -0.39 is 13.0 Å². The fraction of sp³-hybridized carbons (Fsp3) is 0.500. The summed E-state index contributed by atoms with van der Waals surface area (Å²) >= 11 is 11.7. The number of benzene rings is 1. The second-order valence-corrected chi connectivity index (χ2v) is 4.63. The number of ether oxygens (including phenoxy) is 1. The molecule has 0 fully saturated rings. The summed E-state index contributed by atoms with van der Waals surface area (Å²) in [7, 11) is 0. The SMILES string of the molecule is CC(NCCOCC(F)F)c1ccc(Cl)c(Cl)c1. The number of nitrogens with one attached hydrogen (secondary N) is 1. The van der Waals surface area contributed by atoms with Gasteiger partial charge in [-0.15, -0.1) is 0 Å². The Balaban J connectivity index is 2.31. The van der Waals surface area contributed by atoms with Gasteiger partial charge >= 0.3 is 0 Å². The lowest BCUT2D eigenvalue weighted by Crippen LogP contribution is -2.24. The topological polar surface area (TPSA) is 21.3 Å². The van der Waals surface area contributed by atoms with Crippen LogP contribution in [0, 0.1) is 0 Å². The standard InChI is InChI=1S/C12H15Cl2F2NO/c1-8(17-4-5-18-7-12(15)16)9-2-3-10(13)11(14)6-9/h2-3,6,8,12,17H,4-5,7H2,1H3. The fourth-order valence-corrected chi connectivity index (χ4v) is 1.73. The molecule has 0 aliphatic carbocycles. The zero-order chi connectivity index (χ0) is 13.5. The van der Waals surface area contributed by atoms with E-state index in [1.807, 2.05) is 13.0 Å². The summed E-state index contributed by atoms with van der Waals surface area (Å²) in [4.78, 5) is 0. The molecule has 1 N–H and O–H groups in total. The molecule has 18 heavy (non-hydrogen) atoms. The molecule has 0 aliphatic heterocycles. The van der Waals surface area contributed by atoms with E-state index in [-0.39, 0.29) is 12.6 Å². The largest absolute Gasteiger partial charge is 0.374 e. The maximum Gasteiger partial charge on any atom is 0.261 e. The number of hydrogen-bond acceptors (Lipinski definition) is 2. The van der Waals surface area contributed by atoms with Crippen LogP contribution in [0.3, 0.4) is 0 Å². The lowest BCUT2D eigenvalue weighted by atomic mass is 10.1. The van der Waals surface area contributed by atoms with E-state index in [1.165, 1.54) is 0 Å². The first-order valence-electron chi connectivity index (χ1n) is 5.55.